The fourth-order valence-corrected chi connectivity index (χ4v) is 4.59. The predicted molar refractivity (Wildman–Crippen MR) is 82.0 cm³/mol. The molecule has 0 amide bonds. The van der Waals surface area contributed by atoms with Gasteiger partial charge in [0.25, 0.3) is 0 Å². The Morgan fingerprint density at radius 2 is 2.30 bits per heavy atom. The van der Waals surface area contributed by atoms with E-state index in [1.165, 1.54) is 23.6 Å². The average Bonchev–Trinajstić information content (AvgIpc) is 3.11. The molecule has 0 radical (unpaired) electrons. The maximum atomic E-state index is 5.50. The minimum absolute atomic E-state index is 0.326. The predicted octanol–water partition coefficient (Wildman–Crippen LogP) is 0.718. The average molecular weight is 296 g/mol. The molecule has 3 heterocycles. The molecule has 1 aromatic rings. The smallest absolute Gasteiger partial charge is 0.0945 e. The first-order valence-corrected chi connectivity index (χ1v) is 8.52. The zero-order valence-corrected chi connectivity index (χ0v) is 13.0. The molecule has 1 unspecified atom stereocenters. The van der Waals surface area contributed by atoms with E-state index in [-0.39, 0.29) is 0 Å². The molecule has 0 saturated carbocycles. The molecule has 1 atom stereocenters. The Kier molecular flexibility index (Phi) is 4.65. The molecule has 0 spiro atoms. The first kappa shape index (κ1) is 14.4. The van der Waals surface area contributed by atoms with E-state index in [4.69, 9.17) is 4.74 Å². The number of aryl methyl sites for hydroxylation is 1. The van der Waals surface area contributed by atoms with Gasteiger partial charge < -0.3 is 14.6 Å². The lowest BCUT2D eigenvalue weighted by Gasteiger charge is -2.43. The third-order valence-electron chi connectivity index (χ3n) is 4.44. The van der Waals surface area contributed by atoms with Crippen molar-refractivity contribution >= 4 is 11.8 Å². The number of ether oxygens (including phenoxy) is 1. The van der Waals surface area contributed by atoms with E-state index in [9.17, 15) is 0 Å². The fourth-order valence-electron chi connectivity index (χ4n) is 3.11. The molecule has 3 rings (SSSR count). The van der Waals surface area contributed by atoms with Crippen LogP contribution >= 0.6 is 11.8 Å². The van der Waals surface area contributed by atoms with Crippen LogP contribution in [0.2, 0.25) is 0 Å². The van der Waals surface area contributed by atoms with Crippen LogP contribution in [0, 0.1) is 0 Å². The monoisotopic (exact) mass is 296 g/mol. The van der Waals surface area contributed by atoms with Crippen LogP contribution in [0.4, 0.5) is 0 Å². The summed E-state index contributed by atoms with van der Waals surface area (Å²) in [4.78, 5) is 6.82. The molecule has 2 saturated heterocycles. The Balaban J connectivity index is 1.58. The second-order valence-corrected chi connectivity index (χ2v) is 6.83. The molecule has 20 heavy (non-hydrogen) atoms. The van der Waals surface area contributed by atoms with Gasteiger partial charge in [0.2, 0.25) is 0 Å². The van der Waals surface area contributed by atoms with Crippen LogP contribution < -0.4 is 5.32 Å². The van der Waals surface area contributed by atoms with Crippen LogP contribution in [0.25, 0.3) is 0 Å². The number of rotatable bonds is 5. The van der Waals surface area contributed by atoms with Crippen LogP contribution in [-0.2, 0) is 18.3 Å². The van der Waals surface area contributed by atoms with Gasteiger partial charge in [-0.2, -0.15) is 11.8 Å². The topological polar surface area (TPSA) is 42.3 Å². The lowest BCUT2D eigenvalue weighted by atomic mass is 9.95. The number of aromatic nitrogens is 2. The quantitative estimate of drug-likeness (QED) is 0.867. The lowest BCUT2D eigenvalue weighted by molar-refractivity contribution is -0.0134. The first-order chi connectivity index (χ1) is 9.80. The maximum Gasteiger partial charge on any atom is 0.0945 e. The van der Waals surface area contributed by atoms with E-state index < -0.39 is 0 Å². The van der Waals surface area contributed by atoms with Gasteiger partial charge in [-0.1, -0.05) is 0 Å². The van der Waals surface area contributed by atoms with Crippen molar-refractivity contribution in [2.45, 2.75) is 18.5 Å². The number of thioether (sulfide) groups is 1. The molecule has 6 heteroatoms. The molecule has 2 fully saturated rings. The van der Waals surface area contributed by atoms with Crippen molar-refractivity contribution in [3.8, 4) is 0 Å². The molecule has 0 aliphatic carbocycles. The van der Waals surface area contributed by atoms with Crippen LogP contribution in [0.15, 0.2) is 12.5 Å². The highest BCUT2D eigenvalue weighted by Gasteiger charge is 2.40. The van der Waals surface area contributed by atoms with Gasteiger partial charge >= 0.3 is 0 Å². The van der Waals surface area contributed by atoms with Gasteiger partial charge in [0.05, 0.1) is 25.2 Å². The summed E-state index contributed by atoms with van der Waals surface area (Å²) in [6.45, 7) is 5.88. The highest BCUT2D eigenvalue weighted by Crippen LogP contribution is 2.33. The molecule has 112 valence electrons. The summed E-state index contributed by atoms with van der Waals surface area (Å²) in [6.07, 6.45) is 5.09. The third kappa shape index (κ3) is 3.03. The minimum Gasteiger partial charge on any atom is -0.379 e. The van der Waals surface area contributed by atoms with E-state index >= 15 is 0 Å². The van der Waals surface area contributed by atoms with Crippen LogP contribution in [0.3, 0.4) is 0 Å². The van der Waals surface area contributed by atoms with Crippen molar-refractivity contribution in [1.82, 2.24) is 19.8 Å². The highest BCUT2D eigenvalue weighted by atomic mass is 32.2. The van der Waals surface area contributed by atoms with Gasteiger partial charge in [-0.05, 0) is 12.2 Å². The zero-order valence-electron chi connectivity index (χ0n) is 12.2. The molecule has 1 aromatic heterocycles. The number of hydrogen-bond acceptors (Lipinski definition) is 5. The van der Waals surface area contributed by atoms with Crippen LogP contribution in [0.1, 0.15) is 12.1 Å². The van der Waals surface area contributed by atoms with Crippen molar-refractivity contribution in [3.05, 3.63) is 18.2 Å². The Morgan fingerprint density at radius 1 is 1.45 bits per heavy atom. The van der Waals surface area contributed by atoms with E-state index in [1.807, 2.05) is 19.6 Å². The van der Waals surface area contributed by atoms with Gasteiger partial charge in [-0.15, -0.1) is 0 Å². The van der Waals surface area contributed by atoms with Gasteiger partial charge in [0.1, 0.15) is 0 Å². The molecule has 2 aliphatic heterocycles. The molecule has 0 bridgehead atoms. The van der Waals surface area contributed by atoms with Gasteiger partial charge in [-0.25, -0.2) is 4.98 Å². The van der Waals surface area contributed by atoms with E-state index in [2.05, 4.69) is 31.5 Å². The Hall–Kier alpha value is -0.560. The van der Waals surface area contributed by atoms with Gasteiger partial charge in [0, 0.05) is 50.7 Å². The number of morpholine rings is 1. The van der Waals surface area contributed by atoms with Gasteiger partial charge in [0.15, 0.2) is 0 Å². The van der Waals surface area contributed by atoms with Gasteiger partial charge in [-0.3, -0.25) is 4.90 Å². The number of imidazole rings is 1. The van der Waals surface area contributed by atoms with E-state index in [0.717, 1.165) is 39.4 Å². The second-order valence-electron chi connectivity index (χ2n) is 5.73. The van der Waals surface area contributed by atoms with Crippen molar-refractivity contribution in [1.29, 1.82) is 0 Å². The van der Waals surface area contributed by atoms with Crippen LogP contribution in [0.5, 0.6) is 0 Å². The Bertz CT molecular complexity index is 425. The van der Waals surface area contributed by atoms with E-state index in [0.29, 0.717) is 5.54 Å². The SMILES string of the molecule is Cn1cncc1CNCC1(N2CCOCC2)CCSC1. The summed E-state index contributed by atoms with van der Waals surface area (Å²) in [5.41, 5.74) is 1.57. The Morgan fingerprint density at radius 3 is 2.95 bits per heavy atom. The van der Waals surface area contributed by atoms with Crippen LogP contribution in [-0.4, -0.2) is 64.3 Å². The largest absolute Gasteiger partial charge is 0.379 e. The highest BCUT2D eigenvalue weighted by molar-refractivity contribution is 7.99. The summed E-state index contributed by atoms with van der Waals surface area (Å²) in [7, 11) is 2.05. The van der Waals surface area contributed by atoms with Crippen molar-refractivity contribution in [2.24, 2.45) is 7.05 Å². The molecule has 2 aliphatic rings. The molecule has 1 N–H and O–H groups in total. The Labute approximate surface area is 125 Å². The fraction of sp³-hybridized carbons (Fsp3) is 0.786. The number of hydrogen-bond donors (Lipinski definition) is 1. The first-order valence-electron chi connectivity index (χ1n) is 7.37. The van der Waals surface area contributed by atoms with Crippen molar-refractivity contribution in [3.63, 3.8) is 0 Å². The summed E-state index contributed by atoms with van der Waals surface area (Å²) >= 11 is 2.09. The number of nitrogens with one attached hydrogen (secondary N) is 1. The molecule has 5 nitrogen and oxygen atoms in total. The normalized spacial score (nSPS) is 28.1. The van der Waals surface area contributed by atoms with E-state index in [1.54, 1.807) is 0 Å². The minimum atomic E-state index is 0.326. The van der Waals surface area contributed by atoms with Crippen molar-refractivity contribution < 1.29 is 4.74 Å². The lowest BCUT2D eigenvalue weighted by Crippen LogP contribution is -2.58. The second kappa shape index (κ2) is 6.47. The maximum absolute atomic E-state index is 5.50. The third-order valence-corrected chi connectivity index (χ3v) is 5.68. The molecule has 0 aromatic carbocycles. The van der Waals surface area contributed by atoms with Crippen molar-refractivity contribution in [2.75, 3.05) is 44.4 Å². The summed E-state index contributed by atoms with van der Waals surface area (Å²) in [5.74, 6) is 2.52. The summed E-state index contributed by atoms with van der Waals surface area (Å²) in [5, 5.41) is 3.65. The number of nitrogens with zero attached hydrogens (tertiary/aromatic N) is 3. The molecular formula is C14H24N4OS. The zero-order chi connectivity index (χ0) is 13.8. The summed E-state index contributed by atoms with van der Waals surface area (Å²) < 4.78 is 7.58. The standard InChI is InChI=1S/C14H24N4OS/c1-17-12-16-9-13(17)8-15-10-14(2-7-20-11-14)18-3-5-19-6-4-18/h9,12,15H,2-8,10-11H2,1H3. The summed E-state index contributed by atoms with van der Waals surface area (Å²) in [6, 6.07) is 0. The molecular weight excluding hydrogens is 272 g/mol.